The van der Waals surface area contributed by atoms with Crippen molar-refractivity contribution in [2.24, 2.45) is 5.73 Å². The maximum Gasteiger partial charge on any atom is 0.277 e. The number of nitrogens with two attached hydrogens (primary N) is 2. The van der Waals surface area contributed by atoms with Crippen LogP contribution in [0.15, 0.2) is 29.3 Å². The highest BCUT2D eigenvalue weighted by molar-refractivity contribution is 5.71. The summed E-state index contributed by atoms with van der Waals surface area (Å²) in [6.45, 7) is 0.491. The number of H-pyrrole nitrogens is 1. The molecule has 0 saturated carbocycles. The van der Waals surface area contributed by atoms with E-state index in [1.807, 2.05) is 12.1 Å². The number of aromatic amines is 1. The molecule has 0 aliphatic carbocycles. The zero-order chi connectivity index (χ0) is 13.4. The van der Waals surface area contributed by atoms with Gasteiger partial charge in [-0.15, -0.1) is 0 Å². The van der Waals surface area contributed by atoms with Crippen LogP contribution in [0, 0.1) is 0 Å². The van der Waals surface area contributed by atoms with Crippen molar-refractivity contribution in [3.8, 4) is 0 Å². The third-order valence-electron chi connectivity index (χ3n) is 2.89. The SMILES string of the molecule is Nc1nc2c(c(=O)[nH]1)NC(N)N2Cc1cccnc1. The molecule has 3 rings (SSSR count). The number of hydrogen-bond donors (Lipinski definition) is 4. The minimum Gasteiger partial charge on any atom is -0.369 e. The van der Waals surface area contributed by atoms with Gasteiger partial charge >= 0.3 is 0 Å². The van der Waals surface area contributed by atoms with E-state index in [1.165, 1.54) is 0 Å². The van der Waals surface area contributed by atoms with E-state index in [9.17, 15) is 4.79 Å². The molecule has 0 radical (unpaired) electrons. The summed E-state index contributed by atoms with van der Waals surface area (Å²) in [5.74, 6) is 0.522. The van der Waals surface area contributed by atoms with Gasteiger partial charge in [-0.05, 0) is 11.6 Å². The molecule has 8 heteroatoms. The number of nitrogen functional groups attached to an aromatic ring is 1. The number of rotatable bonds is 2. The average molecular weight is 259 g/mol. The minimum absolute atomic E-state index is 0.0656. The lowest BCUT2D eigenvalue weighted by Crippen LogP contribution is -2.42. The van der Waals surface area contributed by atoms with Crippen molar-refractivity contribution in [3.05, 3.63) is 40.4 Å². The van der Waals surface area contributed by atoms with Crippen molar-refractivity contribution in [1.82, 2.24) is 15.0 Å². The van der Waals surface area contributed by atoms with E-state index in [2.05, 4.69) is 20.3 Å². The Kier molecular flexibility index (Phi) is 2.57. The highest BCUT2D eigenvalue weighted by Gasteiger charge is 2.30. The van der Waals surface area contributed by atoms with Gasteiger partial charge in [0.15, 0.2) is 12.1 Å². The van der Waals surface area contributed by atoms with Gasteiger partial charge in [-0.25, -0.2) is 0 Å². The first-order chi connectivity index (χ1) is 9.15. The quantitative estimate of drug-likeness (QED) is 0.568. The van der Waals surface area contributed by atoms with E-state index in [0.29, 0.717) is 18.1 Å². The summed E-state index contributed by atoms with van der Waals surface area (Å²) in [6, 6.07) is 3.76. The molecular weight excluding hydrogens is 246 g/mol. The highest BCUT2D eigenvalue weighted by atomic mass is 16.1. The second kappa shape index (κ2) is 4.25. The van der Waals surface area contributed by atoms with Crippen LogP contribution in [0.2, 0.25) is 0 Å². The van der Waals surface area contributed by atoms with E-state index in [1.54, 1.807) is 17.3 Å². The number of nitrogens with zero attached hydrogens (tertiary/aromatic N) is 3. The Labute approximate surface area is 108 Å². The second-order valence-electron chi connectivity index (χ2n) is 4.23. The molecule has 2 aromatic rings. The molecule has 2 aromatic heterocycles. The molecule has 0 saturated heterocycles. The van der Waals surface area contributed by atoms with Crippen LogP contribution in [-0.2, 0) is 6.54 Å². The standard InChI is InChI=1S/C11H13N7O/c12-10-16-8-7(9(19)17-10)15-11(13)18(8)5-6-2-1-3-14-4-6/h1-4,11,15H,5,13H2,(H3,12,16,17,19). The van der Waals surface area contributed by atoms with E-state index in [0.717, 1.165) is 5.56 Å². The van der Waals surface area contributed by atoms with Crippen molar-refractivity contribution in [1.29, 1.82) is 0 Å². The van der Waals surface area contributed by atoms with Gasteiger partial charge in [0.2, 0.25) is 5.95 Å². The van der Waals surface area contributed by atoms with Gasteiger partial charge < -0.3 is 16.0 Å². The summed E-state index contributed by atoms with van der Waals surface area (Å²) in [7, 11) is 0. The van der Waals surface area contributed by atoms with E-state index in [-0.39, 0.29) is 11.5 Å². The highest BCUT2D eigenvalue weighted by Crippen LogP contribution is 2.29. The molecule has 0 fully saturated rings. The summed E-state index contributed by atoms with van der Waals surface area (Å²) < 4.78 is 0. The molecule has 6 N–H and O–H groups in total. The Balaban J connectivity index is 1.99. The molecule has 0 bridgehead atoms. The van der Waals surface area contributed by atoms with Gasteiger partial charge in [-0.2, -0.15) is 4.98 Å². The van der Waals surface area contributed by atoms with Crippen molar-refractivity contribution in [2.75, 3.05) is 16.0 Å². The van der Waals surface area contributed by atoms with Crippen LogP contribution < -0.4 is 27.2 Å². The fourth-order valence-electron chi connectivity index (χ4n) is 2.04. The van der Waals surface area contributed by atoms with Crippen LogP contribution in [0.5, 0.6) is 0 Å². The summed E-state index contributed by atoms with van der Waals surface area (Å²) in [5.41, 5.74) is 12.5. The molecule has 3 heterocycles. The smallest absolute Gasteiger partial charge is 0.277 e. The van der Waals surface area contributed by atoms with Gasteiger partial charge in [0, 0.05) is 18.9 Å². The zero-order valence-electron chi connectivity index (χ0n) is 10.00. The number of anilines is 3. The summed E-state index contributed by atoms with van der Waals surface area (Å²) in [4.78, 5) is 24.1. The molecule has 0 spiro atoms. The molecule has 1 aliphatic rings. The molecule has 0 aromatic carbocycles. The first-order valence-electron chi connectivity index (χ1n) is 5.72. The van der Waals surface area contributed by atoms with Crippen LogP contribution in [0.3, 0.4) is 0 Å². The molecule has 1 atom stereocenters. The van der Waals surface area contributed by atoms with E-state index in [4.69, 9.17) is 11.5 Å². The number of nitrogens with one attached hydrogen (secondary N) is 2. The average Bonchev–Trinajstić information content (AvgIpc) is 2.69. The summed E-state index contributed by atoms with van der Waals surface area (Å²) in [5, 5.41) is 2.88. The van der Waals surface area contributed by atoms with Crippen LogP contribution in [0.4, 0.5) is 17.5 Å². The largest absolute Gasteiger partial charge is 0.369 e. The minimum atomic E-state index is -0.523. The monoisotopic (exact) mass is 259 g/mol. The predicted molar refractivity (Wildman–Crippen MR) is 71.3 cm³/mol. The Morgan fingerprint density at radius 1 is 1.47 bits per heavy atom. The van der Waals surface area contributed by atoms with Crippen LogP contribution >= 0.6 is 0 Å². The Morgan fingerprint density at radius 3 is 3.05 bits per heavy atom. The third kappa shape index (κ3) is 1.97. The lowest BCUT2D eigenvalue weighted by Gasteiger charge is -2.22. The van der Waals surface area contributed by atoms with Gasteiger partial charge in [-0.3, -0.25) is 20.5 Å². The molecule has 8 nitrogen and oxygen atoms in total. The first kappa shape index (κ1) is 11.5. The zero-order valence-corrected chi connectivity index (χ0v) is 10.00. The number of hydrogen-bond acceptors (Lipinski definition) is 7. The Bertz CT molecular complexity index is 654. The number of aromatic nitrogens is 3. The van der Waals surface area contributed by atoms with Gasteiger partial charge in [0.1, 0.15) is 5.69 Å². The summed E-state index contributed by atoms with van der Waals surface area (Å²) >= 11 is 0. The maximum atomic E-state index is 11.7. The molecule has 1 aliphatic heterocycles. The fourth-order valence-corrected chi connectivity index (χ4v) is 2.04. The summed E-state index contributed by atoms with van der Waals surface area (Å²) in [6.07, 6.45) is 2.91. The maximum absolute atomic E-state index is 11.7. The van der Waals surface area contributed by atoms with Crippen LogP contribution in [0.1, 0.15) is 5.56 Å². The van der Waals surface area contributed by atoms with Crippen LogP contribution in [-0.4, -0.2) is 21.2 Å². The number of fused-ring (bicyclic) bond motifs is 1. The Hall–Kier alpha value is -2.61. The van der Waals surface area contributed by atoms with E-state index >= 15 is 0 Å². The molecule has 1 unspecified atom stereocenters. The molecular formula is C11H13N7O. The normalized spacial score (nSPS) is 17.1. The van der Waals surface area contributed by atoms with E-state index < -0.39 is 6.29 Å². The topological polar surface area (TPSA) is 126 Å². The third-order valence-corrected chi connectivity index (χ3v) is 2.89. The van der Waals surface area contributed by atoms with Crippen LogP contribution in [0.25, 0.3) is 0 Å². The molecule has 98 valence electrons. The predicted octanol–water partition coefficient (Wildman–Crippen LogP) is -0.579. The Morgan fingerprint density at radius 2 is 2.32 bits per heavy atom. The van der Waals surface area contributed by atoms with Gasteiger partial charge in [-0.1, -0.05) is 6.07 Å². The van der Waals surface area contributed by atoms with Gasteiger partial charge in [0.05, 0.1) is 0 Å². The first-order valence-corrected chi connectivity index (χ1v) is 5.72. The van der Waals surface area contributed by atoms with Crippen molar-refractivity contribution >= 4 is 17.5 Å². The number of pyridine rings is 1. The van der Waals surface area contributed by atoms with Crippen molar-refractivity contribution in [2.45, 2.75) is 12.8 Å². The van der Waals surface area contributed by atoms with Gasteiger partial charge in [0.25, 0.3) is 5.56 Å². The molecule has 0 amide bonds. The van der Waals surface area contributed by atoms with Crippen molar-refractivity contribution < 1.29 is 0 Å². The fraction of sp³-hybridized carbons (Fsp3) is 0.182. The second-order valence-corrected chi connectivity index (χ2v) is 4.23. The molecule has 19 heavy (non-hydrogen) atoms. The lowest BCUT2D eigenvalue weighted by molar-refractivity contribution is 0.690. The van der Waals surface area contributed by atoms with Crippen molar-refractivity contribution in [3.63, 3.8) is 0 Å². The lowest BCUT2D eigenvalue weighted by atomic mass is 10.2.